The van der Waals surface area contributed by atoms with Gasteiger partial charge in [-0.3, -0.25) is 4.79 Å². The number of sulfone groups is 1. The molecule has 3 N–H and O–H groups in total. The molecule has 102 valence electrons. The van der Waals surface area contributed by atoms with Gasteiger partial charge in [0.1, 0.15) is 0 Å². The van der Waals surface area contributed by atoms with Gasteiger partial charge in [0.2, 0.25) is 5.91 Å². The Morgan fingerprint density at radius 3 is 2.56 bits per heavy atom. The van der Waals surface area contributed by atoms with Gasteiger partial charge in [0.15, 0.2) is 9.84 Å². The topological polar surface area (TPSA) is 89.3 Å². The molecular formula is C11H17ClN2O3S. The fourth-order valence-corrected chi connectivity index (χ4v) is 1.84. The van der Waals surface area contributed by atoms with Gasteiger partial charge in [-0.05, 0) is 18.2 Å². The van der Waals surface area contributed by atoms with Gasteiger partial charge >= 0.3 is 0 Å². The van der Waals surface area contributed by atoms with E-state index in [9.17, 15) is 13.2 Å². The molecule has 0 radical (unpaired) electrons. The molecule has 18 heavy (non-hydrogen) atoms. The van der Waals surface area contributed by atoms with Gasteiger partial charge in [-0.15, -0.1) is 12.4 Å². The summed E-state index contributed by atoms with van der Waals surface area (Å²) in [5.41, 5.74) is 5.83. The van der Waals surface area contributed by atoms with Crippen LogP contribution in [0.2, 0.25) is 0 Å². The maximum atomic E-state index is 11.6. The number of carbonyl (C=O) groups excluding carboxylic acids is 1. The minimum Gasteiger partial charge on any atom is -0.330 e. The van der Waals surface area contributed by atoms with Crippen LogP contribution in [0.3, 0.4) is 0 Å². The first-order valence-corrected chi connectivity index (χ1v) is 7.05. The van der Waals surface area contributed by atoms with Crippen molar-refractivity contribution in [3.63, 3.8) is 0 Å². The van der Waals surface area contributed by atoms with Gasteiger partial charge < -0.3 is 11.1 Å². The minimum absolute atomic E-state index is 0. The third kappa shape index (κ3) is 4.64. The van der Waals surface area contributed by atoms with Crippen molar-refractivity contribution in [2.45, 2.75) is 11.8 Å². The molecule has 0 aliphatic rings. The van der Waals surface area contributed by atoms with Crippen LogP contribution in [0.5, 0.6) is 0 Å². The molecule has 0 bridgehead atoms. The summed E-state index contributed by atoms with van der Waals surface area (Å²) in [5, 5.41) is 2.62. The van der Waals surface area contributed by atoms with E-state index in [0.29, 0.717) is 5.69 Å². The Kier molecular flexibility index (Phi) is 6.31. The minimum atomic E-state index is -3.26. The third-order valence-corrected chi connectivity index (χ3v) is 3.44. The molecule has 1 aromatic rings. The Morgan fingerprint density at radius 2 is 2.06 bits per heavy atom. The van der Waals surface area contributed by atoms with E-state index in [1.807, 2.05) is 0 Å². The zero-order valence-electron chi connectivity index (χ0n) is 10.2. The third-order valence-electron chi connectivity index (χ3n) is 2.33. The highest BCUT2D eigenvalue weighted by Crippen LogP contribution is 2.15. The van der Waals surface area contributed by atoms with Crippen LogP contribution in [0.25, 0.3) is 0 Å². The van der Waals surface area contributed by atoms with Gasteiger partial charge in [-0.1, -0.05) is 13.0 Å². The Balaban J connectivity index is 0.00000289. The van der Waals surface area contributed by atoms with Crippen molar-refractivity contribution in [2.75, 3.05) is 18.1 Å². The summed E-state index contributed by atoms with van der Waals surface area (Å²) in [4.78, 5) is 11.7. The van der Waals surface area contributed by atoms with Crippen molar-refractivity contribution in [3.05, 3.63) is 24.3 Å². The number of benzene rings is 1. The van der Waals surface area contributed by atoms with Gasteiger partial charge in [0.25, 0.3) is 0 Å². The maximum absolute atomic E-state index is 11.6. The van der Waals surface area contributed by atoms with E-state index < -0.39 is 9.84 Å². The highest BCUT2D eigenvalue weighted by atomic mass is 35.5. The number of hydrogen-bond acceptors (Lipinski definition) is 4. The van der Waals surface area contributed by atoms with E-state index in [1.165, 1.54) is 12.1 Å². The number of halogens is 1. The summed E-state index contributed by atoms with van der Waals surface area (Å²) >= 11 is 0. The summed E-state index contributed by atoms with van der Waals surface area (Å²) in [7, 11) is -3.26. The lowest BCUT2D eigenvalue weighted by atomic mass is 10.1. The standard InChI is InChI=1S/C11H16N2O3S.ClH/c1-8(7-12)11(14)13-9-4-3-5-10(6-9)17(2,15)16;/h3-6,8H,7,12H2,1-2H3,(H,13,14);1H. The molecule has 1 unspecified atom stereocenters. The number of hydrogen-bond donors (Lipinski definition) is 2. The Hall–Kier alpha value is -1.11. The fraction of sp³-hybridized carbons (Fsp3) is 0.364. The molecule has 0 heterocycles. The number of nitrogens with two attached hydrogens (primary N) is 1. The van der Waals surface area contributed by atoms with Crippen LogP contribution in [0.15, 0.2) is 29.2 Å². The number of nitrogens with one attached hydrogen (secondary N) is 1. The predicted molar refractivity (Wildman–Crippen MR) is 73.6 cm³/mol. The molecule has 0 spiro atoms. The molecule has 0 saturated carbocycles. The largest absolute Gasteiger partial charge is 0.330 e. The van der Waals surface area contributed by atoms with Crippen molar-refractivity contribution in [2.24, 2.45) is 11.7 Å². The van der Waals surface area contributed by atoms with Crippen LogP contribution in [-0.4, -0.2) is 27.1 Å². The number of carbonyl (C=O) groups is 1. The first kappa shape index (κ1) is 16.9. The second-order valence-corrected chi connectivity index (χ2v) is 5.94. The van der Waals surface area contributed by atoms with Crippen LogP contribution in [0.1, 0.15) is 6.92 Å². The number of rotatable bonds is 4. The van der Waals surface area contributed by atoms with Crippen LogP contribution in [-0.2, 0) is 14.6 Å². The average Bonchev–Trinajstić information content (AvgIpc) is 2.27. The lowest BCUT2D eigenvalue weighted by molar-refractivity contribution is -0.119. The number of anilines is 1. The Bertz CT molecular complexity index is 517. The normalized spacial score (nSPS) is 12.4. The highest BCUT2D eigenvalue weighted by molar-refractivity contribution is 7.90. The molecular weight excluding hydrogens is 276 g/mol. The van der Waals surface area contributed by atoms with E-state index in [4.69, 9.17) is 5.73 Å². The lowest BCUT2D eigenvalue weighted by Crippen LogP contribution is -2.26. The second-order valence-electron chi connectivity index (χ2n) is 3.93. The van der Waals surface area contributed by atoms with Crippen molar-refractivity contribution >= 4 is 33.8 Å². The van der Waals surface area contributed by atoms with Gasteiger partial charge in [0.05, 0.1) is 4.90 Å². The van der Waals surface area contributed by atoms with Crippen molar-refractivity contribution in [3.8, 4) is 0 Å². The summed E-state index contributed by atoms with van der Waals surface area (Å²) in [6, 6.07) is 6.13. The summed E-state index contributed by atoms with van der Waals surface area (Å²) < 4.78 is 22.7. The van der Waals surface area contributed by atoms with E-state index in [0.717, 1.165) is 6.26 Å². The molecule has 0 aliphatic heterocycles. The first-order valence-electron chi connectivity index (χ1n) is 5.15. The molecule has 1 rings (SSSR count). The maximum Gasteiger partial charge on any atom is 0.228 e. The Morgan fingerprint density at radius 1 is 1.44 bits per heavy atom. The smallest absolute Gasteiger partial charge is 0.228 e. The summed E-state index contributed by atoms with van der Waals surface area (Å²) in [6.45, 7) is 1.95. The van der Waals surface area contributed by atoms with Crippen LogP contribution < -0.4 is 11.1 Å². The molecule has 0 aromatic heterocycles. The van der Waals surface area contributed by atoms with Gasteiger partial charge in [-0.25, -0.2) is 8.42 Å². The molecule has 0 aliphatic carbocycles. The first-order chi connectivity index (χ1) is 7.84. The molecule has 0 fully saturated rings. The summed E-state index contributed by atoms with van der Waals surface area (Å²) in [6.07, 6.45) is 1.12. The average molecular weight is 293 g/mol. The van der Waals surface area contributed by atoms with Crippen LogP contribution in [0.4, 0.5) is 5.69 Å². The van der Waals surface area contributed by atoms with Crippen LogP contribution in [0, 0.1) is 5.92 Å². The molecule has 7 heteroatoms. The zero-order valence-corrected chi connectivity index (χ0v) is 11.8. The van der Waals surface area contributed by atoms with Gasteiger partial charge in [0, 0.05) is 24.4 Å². The molecule has 5 nitrogen and oxygen atoms in total. The monoisotopic (exact) mass is 292 g/mol. The quantitative estimate of drug-likeness (QED) is 0.868. The van der Waals surface area contributed by atoms with Crippen molar-refractivity contribution < 1.29 is 13.2 Å². The zero-order chi connectivity index (χ0) is 13.1. The van der Waals surface area contributed by atoms with E-state index in [1.54, 1.807) is 19.1 Å². The van der Waals surface area contributed by atoms with Crippen LogP contribution >= 0.6 is 12.4 Å². The molecule has 1 atom stereocenters. The van der Waals surface area contributed by atoms with Gasteiger partial charge in [-0.2, -0.15) is 0 Å². The van der Waals surface area contributed by atoms with E-state index in [2.05, 4.69) is 5.32 Å². The molecule has 1 aromatic carbocycles. The molecule has 0 saturated heterocycles. The lowest BCUT2D eigenvalue weighted by Gasteiger charge is -2.10. The fourth-order valence-electron chi connectivity index (χ4n) is 1.18. The van der Waals surface area contributed by atoms with E-state index >= 15 is 0 Å². The predicted octanol–water partition coefficient (Wildman–Crippen LogP) is 1.05. The highest BCUT2D eigenvalue weighted by Gasteiger charge is 2.12. The van der Waals surface area contributed by atoms with E-state index in [-0.39, 0.29) is 35.7 Å². The number of amides is 1. The Labute approximate surface area is 113 Å². The van der Waals surface area contributed by atoms with Crippen molar-refractivity contribution in [1.82, 2.24) is 0 Å². The summed E-state index contributed by atoms with van der Waals surface area (Å²) in [5.74, 6) is -0.532. The molecule has 1 amide bonds. The SMILES string of the molecule is CC(CN)C(=O)Nc1cccc(S(C)(=O)=O)c1.Cl. The van der Waals surface area contributed by atoms with Crippen molar-refractivity contribution in [1.29, 1.82) is 0 Å². The second kappa shape index (κ2) is 6.72.